The molecule has 3 saturated carbocycles. The first-order valence-electron chi connectivity index (χ1n) is 9.07. The Balaban J connectivity index is 1.63. The van der Waals surface area contributed by atoms with Crippen LogP contribution < -0.4 is 0 Å². The molecule has 5 atom stereocenters. The normalized spacial score (nSPS) is 41.0. The number of fused-ring (bicyclic) bond motifs is 2. The van der Waals surface area contributed by atoms with Crippen LogP contribution in [0, 0.1) is 35.0 Å². The molecule has 0 amide bonds. The molecule has 3 fully saturated rings. The fourth-order valence-corrected chi connectivity index (χ4v) is 5.05. The summed E-state index contributed by atoms with van der Waals surface area (Å²) in [6, 6.07) is 0. The van der Waals surface area contributed by atoms with Crippen molar-refractivity contribution in [3.8, 4) is 0 Å². The monoisotopic (exact) mass is 276 g/mol. The number of hydrogen-bond donors (Lipinski definition) is 0. The Labute approximate surface area is 124 Å². The molecule has 0 N–H and O–H groups in total. The van der Waals surface area contributed by atoms with Crippen LogP contribution in [0.15, 0.2) is 0 Å². The lowest BCUT2D eigenvalue weighted by Crippen LogP contribution is -2.26. The summed E-state index contributed by atoms with van der Waals surface area (Å²) in [5.41, 5.74) is -0.0825. The van der Waals surface area contributed by atoms with Gasteiger partial charge in [-0.3, -0.25) is 4.79 Å². The van der Waals surface area contributed by atoms with E-state index in [1.54, 1.807) is 0 Å². The van der Waals surface area contributed by atoms with Crippen molar-refractivity contribution in [2.24, 2.45) is 35.0 Å². The SMILES string of the molecule is CCC(C)(C)C(=O)[C@H]1CC1C1CC2CCCCCC1C2. The summed E-state index contributed by atoms with van der Waals surface area (Å²) >= 11 is 0. The number of carbonyl (C=O) groups is 1. The van der Waals surface area contributed by atoms with Gasteiger partial charge in [-0.15, -0.1) is 0 Å². The lowest BCUT2D eigenvalue weighted by atomic mass is 9.80. The predicted octanol–water partition coefficient (Wildman–Crippen LogP) is 5.23. The molecule has 3 aliphatic rings. The van der Waals surface area contributed by atoms with Crippen molar-refractivity contribution in [3.05, 3.63) is 0 Å². The summed E-state index contributed by atoms with van der Waals surface area (Å²) in [5.74, 6) is 4.63. The van der Waals surface area contributed by atoms with Gasteiger partial charge in [-0.1, -0.05) is 52.9 Å². The molecular formula is C19H32O. The van der Waals surface area contributed by atoms with E-state index in [4.69, 9.17) is 0 Å². The first-order valence-corrected chi connectivity index (χ1v) is 9.07. The van der Waals surface area contributed by atoms with Gasteiger partial charge in [0.15, 0.2) is 0 Å². The van der Waals surface area contributed by atoms with Crippen LogP contribution in [0.1, 0.15) is 78.6 Å². The summed E-state index contributed by atoms with van der Waals surface area (Å²) in [5, 5.41) is 0. The summed E-state index contributed by atoms with van der Waals surface area (Å²) < 4.78 is 0. The van der Waals surface area contributed by atoms with Crippen molar-refractivity contribution < 1.29 is 4.79 Å². The summed E-state index contributed by atoms with van der Waals surface area (Å²) in [7, 11) is 0. The predicted molar refractivity (Wildman–Crippen MR) is 83.5 cm³/mol. The van der Waals surface area contributed by atoms with Crippen molar-refractivity contribution in [3.63, 3.8) is 0 Å². The molecule has 20 heavy (non-hydrogen) atoms. The lowest BCUT2D eigenvalue weighted by Gasteiger charge is -2.23. The minimum absolute atomic E-state index is 0.0825. The largest absolute Gasteiger partial charge is 0.299 e. The van der Waals surface area contributed by atoms with Crippen LogP contribution in [0.25, 0.3) is 0 Å². The highest BCUT2D eigenvalue weighted by molar-refractivity contribution is 5.88. The molecule has 3 aliphatic carbocycles. The molecule has 1 nitrogen and oxygen atoms in total. The maximum absolute atomic E-state index is 12.7. The fourth-order valence-electron chi connectivity index (χ4n) is 5.05. The average molecular weight is 276 g/mol. The summed E-state index contributed by atoms with van der Waals surface area (Å²) in [6.07, 6.45) is 12.4. The lowest BCUT2D eigenvalue weighted by molar-refractivity contribution is -0.129. The van der Waals surface area contributed by atoms with Crippen LogP contribution in [-0.4, -0.2) is 5.78 Å². The molecule has 1 heteroatoms. The van der Waals surface area contributed by atoms with E-state index < -0.39 is 0 Å². The van der Waals surface area contributed by atoms with Gasteiger partial charge in [0.1, 0.15) is 5.78 Å². The average Bonchev–Trinajstić information content (AvgIpc) is 3.07. The molecule has 0 heterocycles. The third-order valence-corrected chi connectivity index (χ3v) is 6.81. The number of hydrogen-bond acceptors (Lipinski definition) is 1. The van der Waals surface area contributed by atoms with Gasteiger partial charge in [-0.05, 0) is 49.4 Å². The molecule has 3 rings (SSSR count). The van der Waals surface area contributed by atoms with Gasteiger partial charge < -0.3 is 0 Å². The Morgan fingerprint density at radius 1 is 1.00 bits per heavy atom. The molecule has 0 spiro atoms. The minimum atomic E-state index is -0.0825. The molecule has 0 aromatic heterocycles. The van der Waals surface area contributed by atoms with Crippen LogP contribution in [0.4, 0.5) is 0 Å². The topological polar surface area (TPSA) is 17.1 Å². The molecule has 114 valence electrons. The van der Waals surface area contributed by atoms with Crippen LogP contribution in [-0.2, 0) is 4.79 Å². The second-order valence-corrected chi connectivity index (χ2v) is 8.51. The number of Topliss-reactive ketones (excluding diaryl/α,β-unsaturated/α-hetero) is 1. The molecule has 2 bridgehead atoms. The van der Waals surface area contributed by atoms with E-state index in [2.05, 4.69) is 20.8 Å². The van der Waals surface area contributed by atoms with E-state index in [9.17, 15) is 4.79 Å². The summed E-state index contributed by atoms with van der Waals surface area (Å²) in [6.45, 7) is 6.45. The van der Waals surface area contributed by atoms with Crippen molar-refractivity contribution in [2.45, 2.75) is 78.6 Å². The Morgan fingerprint density at radius 2 is 1.75 bits per heavy atom. The van der Waals surface area contributed by atoms with Gasteiger partial charge in [0.25, 0.3) is 0 Å². The second kappa shape index (κ2) is 5.46. The first kappa shape index (κ1) is 14.6. The zero-order valence-corrected chi connectivity index (χ0v) is 13.7. The highest BCUT2D eigenvalue weighted by Gasteiger charge is 2.54. The van der Waals surface area contributed by atoms with Gasteiger partial charge in [-0.25, -0.2) is 0 Å². The Bertz CT molecular complexity index is 370. The van der Waals surface area contributed by atoms with Crippen LogP contribution in [0.5, 0.6) is 0 Å². The van der Waals surface area contributed by atoms with E-state index in [0.717, 1.165) is 30.1 Å². The standard InChI is InChI=1S/C19H32O/c1-4-19(2,3)18(20)17-12-16(17)15-11-13-8-6-5-7-9-14(15)10-13/h13-17H,4-12H2,1-3H3/t13?,14?,15?,16?,17-/m0/s1. The molecule has 0 aliphatic heterocycles. The van der Waals surface area contributed by atoms with Gasteiger partial charge in [0.05, 0.1) is 0 Å². The van der Waals surface area contributed by atoms with E-state index in [1.807, 2.05) is 0 Å². The highest BCUT2D eigenvalue weighted by atomic mass is 16.1. The third-order valence-electron chi connectivity index (χ3n) is 6.81. The molecule has 0 saturated heterocycles. The minimum Gasteiger partial charge on any atom is -0.299 e. The van der Waals surface area contributed by atoms with Crippen LogP contribution in [0.2, 0.25) is 0 Å². The maximum atomic E-state index is 12.7. The Morgan fingerprint density at radius 3 is 2.50 bits per heavy atom. The quantitative estimate of drug-likeness (QED) is 0.686. The third kappa shape index (κ3) is 2.70. The van der Waals surface area contributed by atoms with Crippen molar-refractivity contribution >= 4 is 5.78 Å². The van der Waals surface area contributed by atoms with Crippen LogP contribution in [0.3, 0.4) is 0 Å². The zero-order chi connectivity index (χ0) is 14.3. The maximum Gasteiger partial charge on any atom is 0.141 e. The highest BCUT2D eigenvalue weighted by Crippen LogP contribution is 2.57. The van der Waals surface area contributed by atoms with Gasteiger partial charge in [0, 0.05) is 11.3 Å². The van der Waals surface area contributed by atoms with E-state index in [0.29, 0.717) is 11.7 Å². The molecule has 4 unspecified atom stereocenters. The van der Waals surface area contributed by atoms with Crippen molar-refractivity contribution in [2.75, 3.05) is 0 Å². The smallest absolute Gasteiger partial charge is 0.141 e. The van der Waals surface area contributed by atoms with Crippen LogP contribution >= 0.6 is 0 Å². The van der Waals surface area contributed by atoms with E-state index >= 15 is 0 Å². The molecular weight excluding hydrogens is 244 g/mol. The number of ketones is 1. The second-order valence-electron chi connectivity index (χ2n) is 8.51. The van der Waals surface area contributed by atoms with Gasteiger partial charge in [0.2, 0.25) is 0 Å². The summed E-state index contributed by atoms with van der Waals surface area (Å²) in [4.78, 5) is 12.7. The first-order chi connectivity index (χ1) is 9.53. The van der Waals surface area contributed by atoms with Crippen molar-refractivity contribution in [1.82, 2.24) is 0 Å². The number of carbonyl (C=O) groups excluding carboxylic acids is 1. The van der Waals surface area contributed by atoms with Gasteiger partial charge >= 0.3 is 0 Å². The molecule has 0 aromatic rings. The number of rotatable bonds is 4. The Hall–Kier alpha value is -0.330. The van der Waals surface area contributed by atoms with E-state index in [1.165, 1.54) is 51.4 Å². The van der Waals surface area contributed by atoms with Gasteiger partial charge in [-0.2, -0.15) is 0 Å². The Kier molecular flexibility index (Phi) is 3.99. The molecule has 0 radical (unpaired) electrons. The zero-order valence-electron chi connectivity index (χ0n) is 13.7. The van der Waals surface area contributed by atoms with E-state index in [-0.39, 0.29) is 5.41 Å². The molecule has 0 aromatic carbocycles. The van der Waals surface area contributed by atoms with Crippen molar-refractivity contribution in [1.29, 1.82) is 0 Å². The fraction of sp³-hybridized carbons (Fsp3) is 0.947.